The third-order valence-corrected chi connectivity index (χ3v) is 3.79. The molecule has 0 saturated carbocycles. The molecule has 0 aliphatic carbocycles. The lowest BCUT2D eigenvalue weighted by Gasteiger charge is -2.16. The van der Waals surface area contributed by atoms with Crippen molar-refractivity contribution in [3.05, 3.63) is 42.1 Å². The molecule has 1 saturated heterocycles. The molecule has 0 radical (unpaired) electrons. The van der Waals surface area contributed by atoms with E-state index in [0.29, 0.717) is 0 Å². The Morgan fingerprint density at radius 3 is 2.65 bits per heavy atom. The quantitative estimate of drug-likeness (QED) is 0.899. The molecule has 1 aliphatic rings. The molecule has 2 aromatic rings. The minimum absolute atomic E-state index is 0.824. The maximum absolute atomic E-state index is 4.56. The van der Waals surface area contributed by atoms with Crippen LogP contribution < -0.4 is 10.2 Å². The van der Waals surface area contributed by atoms with Gasteiger partial charge in [-0.1, -0.05) is 6.07 Å². The highest BCUT2D eigenvalue weighted by atomic mass is 15.2. The van der Waals surface area contributed by atoms with E-state index in [2.05, 4.69) is 32.3 Å². The van der Waals surface area contributed by atoms with Crippen LogP contribution in [0.2, 0.25) is 0 Å². The average molecular weight is 271 g/mol. The van der Waals surface area contributed by atoms with Crippen LogP contribution >= 0.6 is 0 Å². The molecule has 20 heavy (non-hydrogen) atoms. The number of nitrogens with zero attached hydrogens (tertiary/aromatic N) is 4. The van der Waals surface area contributed by atoms with Gasteiger partial charge in [0.05, 0.1) is 12.0 Å². The van der Waals surface area contributed by atoms with Crippen LogP contribution in [0, 0.1) is 0 Å². The molecular formula is C15H21N5. The van der Waals surface area contributed by atoms with Crippen molar-refractivity contribution in [2.45, 2.75) is 25.9 Å². The fraction of sp³-hybridized carbons (Fsp3) is 0.467. The van der Waals surface area contributed by atoms with Crippen molar-refractivity contribution in [2.75, 3.05) is 18.0 Å². The smallest absolute Gasteiger partial charge is 0.128 e. The highest BCUT2D eigenvalue weighted by molar-refractivity contribution is 5.40. The molecule has 0 aromatic carbocycles. The van der Waals surface area contributed by atoms with E-state index in [9.17, 15) is 0 Å². The lowest BCUT2D eigenvalue weighted by atomic mass is 10.2. The fourth-order valence-electron chi connectivity index (χ4n) is 2.54. The van der Waals surface area contributed by atoms with Gasteiger partial charge in [-0.2, -0.15) is 0 Å². The molecule has 3 heterocycles. The van der Waals surface area contributed by atoms with E-state index < -0.39 is 0 Å². The van der Waals surface area contributed by atoms with Crippen LogP contribution in [0.4, 0.5) is 5.82 Å². The number of nitrogens with one attached hydrogen (secondary N) is 1. The number of aromatic nitrogens is 3. The summed E-state index contributed by atoms with van der Waals surface area (Å²) >= 11 is 0. The largest absolute Gasteiger partial charge is 0.357 e. The molecule has 0 bridgehead atoms. The van der Waals surface area contributed by atoms with E-state index in [0.717, 1.165) is 32.0 Å². The maximum atomic E-state index is 4.56. The van der Waals surface area contributed by atoms with Gasteiger partial charge in [0.2, 0.25) is 0 Å². The highest BCUT2D eigenvalue weighted by Gasteiger charge is 2.12. The van der Waals surface area contributed by atoms with Crippen LogP contribution in [0.25, 0.3) is 0 Å². The second kappa shape index (κ2) is 6.05. The maximum Gasteiger partial charge on any atom is 0.128 e. The second-order valence-electron chi connectivity index (χ2n) is 5.32. The number of hydrogen-bond acceptors (Lipinski definition) is 4. The van der Waals surface area contributed by atoms with E-state index in [1.165, 1.54) is 24.1 Å². The number of hydrogen-bond donors (Lipinski definition) is 1. The zero-order valence-electron chi connectivity index (χ0n) is 11.9. The summed E-state index contributed by atoms with van der Waals surface area (Å²) in [5.74, 6) is 1.11. The zero-order valence-corrected chi connectivity index (χ0v) is 11.9. The summed E-state index contributed by atoms with van der Waals surface area (Å²) in [6.45, 7) is 3.94. The molecule has 5 nitrogen and oxygen atoms in total. The zero-order chi connectivity index (χ0) is 13.8. The lowest BCUT2D eigenvalue weighted by molar-refractivity contribution is 0.654. The third kappa shape index (κ3) is 2.99. The van der Waals surface area contributed by atoms with Crippen molar-refractivity contribution in [1.82, 2.24) is 19.9 Å². The standard InChI is InChI=1S/C15H21N5/c1-19-12-17-11-14(19)10-16-8-13-4-5-15(18-9-13)20-6-2-3-7-20/h4-5,9,11-12,16H,2-3,6-8,10H2,1H3. The summed E-state index contributed by atoms with van der Waals surface area (Å²) < 4.78 is 2.03. The van der Waals surface area contributed by atoms with Crippen LogP contribution in [0.3, 0.4) is 0 Å². The summed E-state index contributed by atoms with van der Waals surface area (Å²) in [6.07, 6.45) is 8.26. The normalized spacial score (nSPS) is 14.9. The van der Waals surface area contributed by atoms with Crippen molar-refractivity contribution in [3.63, 3.8) is 0 Å². The van der Waals surface area contributed by atoms with Crippen molar-refractivity contribution in [3.8, 4) is 0 Å². The van der Waals surface area contributed by atoms with Gasteiger partial charge in [0.1, 0.15) is 5.82 Å². The Labute approximate surface area is 119 Å². The van der Waals surface area contributed by atoms with Gasteiger partial charge in [-0.3, -0.25) is 0 Å². The van der Waals surface area contributed by atoms with Crippen LogP contribution in [0.5, 0.6) is 0 Å². The summed E-state index contributed by atoms with van der Waals surface area (Å²) in [5.41, 5.74) is 2.40. The summed E-state index contributed by atoms with van der Waals surface area (Å²) in [6, 6.07) is 4.29. The molecule has 1 fully saturated rings. The molecular weight excluding hydrogens is 250 g/mol. The van der Waals surface area contributed by atoms with Crippen molar-refractivity contribution in [1.29, 1.82) is 0 Å². The van der Waals surface area contributed by atoms with Gasteiger partial charge < -0.3 is 14.8 Å². The Morgan fingerprint density at radius 1 is 1.15 bits per heavy atom. The summed E-state index contributed by atoms with van der Waals surface area (Å²) in [4.78, 5) is 11.0. The first kappa shape index (κ1) is 13.1. The van der Waals surface area contributed by atoms with E-state index in [1.54, 1.807) is 0 Å². The lowest BCUT2D eigenvalue weighted by Crippen LogP contribution is -2.19. The first-order valence-corrected chi connectivity index (χ1v) is 7.19. The van der Waals surface area contributed by atoms with Gasteiger partial charge in [0, 0.05) is 45.6 Å². The van der Waals surface area contributed by atoms with Gasteiger partial charge in [0.25, 0.3) is 0 Å². The minimum Gasteiger partial charge on any atom is -0.357 e. The average Bonchev–Trinajstić information content (AvgIpc) is 3.12. The number of rotatable bonds is 5. The molecule has 2 aromatic heterocycles. The minimum atomic E-state index is 0.824. The number of anilines is 1. The van der Waals surface area contributed by atoms with E-state index in [1.807, 2.05) is 30.3 Å². The van der Waals surface area contributed by atoms with Crippen molar-refractivity contribution < 1.29 is 0 Å². The van der Waals surface area contributed by atoms with E-state index >= 15 is 0 Å². The van der Waals surface area contributed by atoms with E-state index in [4.69, 9.17) is 0 Å². The molecule has 106 valence electrons. The molecule has 0 atom stereocenters. The van der Waals surface area contributed by atoms with Crippen LogP contribution in [0.1, 0.15) is 24.1 Å². The Balaban J connectivity index is 1.52. The topological polar surface area (TPSA) is 46.0 Å². The van der Waals surface area contributed by atoms with E-state index in [-0.39, 0.29) is 0 Å². The van der Waals surface area contributed by atoms with Gasteiger partial charge in [-0.05, 0) is 24.5 Å². The third-order valence-electron chi connectivity index (χ3n) is 3.79. The molecule has 0 amide bonds. The molecule has 0 unspecified atom stereocenters. The number of imidazole rings is 1. The Hall–Kier alpha value is -1.88. The molecule has 5 heteroatoms. The van der Waals surface area contributed by atoms with Gasteiger partial charge >= 0.3 is 0 Å². The fourth-order valence-corrected chi connectivity index (χ4v) is 2.54. The number of aryl methyl sites for hydroxylation is 1. The first-order chi connectivity index (χ1) is 9.83. The van der Waals surface area contributed by atoms with Crippen LogP contribution in [-0.4, -0.2) is 27.6 Å². The SMILES string of the molecule is Cn1cncc1CNCc1ccc(N2CCCC2)nc1. The van der Waals surface area contributed by atoms with Crippen LogP contribution in [0.15, 0.2) is 30.9 Å². The predicted octanol–water partition coefficient (Wildman–Crippen LogP) is 1.71. The van der Waals surface area contributed by atoms with Gasteiger partial charge in [-0.15, -0.1) is 0 Å². The van der Waals surface area contributed by atoms with Crippen LogP contribution in [-0.2, 0) is 20.1 Å². The summed E-state index contributed by atoms with van der Waals surface area (Å²) in [5, 5.41) is 3.42. The summed E-state index contributed by atoms with van der Waals surface area (Å²) in [7, 11) is 2.01. The molecule has 1 aliphatic heterocycles. The van der Waals surface area contributed by atoms with Crippen molar-refractivity contribution >= 4 is 5.82 Å². The van der Waals surface area contributed by atoms with Gasteiger partial charge in [-0.25, -0.2) is 9.97 Å². The van der Waals surface area contributed by atoms with Gasteiger partial charge in [0.15, 0.2) is 0 Å². The number of pyridine rings is 1. The highest BCUT2D eigenvalue weighted by Crippen LogP contribution is 2.17. The molecule has 1 N–H and O–H groups in total. The Bertz CT molecular complexity index is 540. The monoisotopic (exact) mass is 271 g/mol. The predicted molar refractivity (Wildman–Crippen MR) is 79.4 cm³/mol. The molecule has 0 spiro atoms. The first-order valence-electron chi connectivity index (χ1n) is 7.19. The van der Waals surface area contributed by atoms with Crippen molar-refractivity contribution in [2.24, 2.45) is 7.05 Å². The Kier molecular flexibility index (Phi) is 3.97. The Morgan fingerprint density at radius 2 is 2.00 bits per heavy atom. The molecule has 3 rings (SSSR count). The second-order valence-corrected chi connectivity index (χ2v) is 5.32.